The number of halogens is 2. The van der Waals surface area contributed by atoms with E-state index in [4.69, 9.17) is 27.6 Å². The first-order valence-corrected chi connectivity index (χ1v) is 8.50. The zero-order valence-electron chi connectivity index (χ0n) is 13.7. The van der Waals surface area contributed by atoms with Crippen LogP contribution in [0.4, 0.5) is 5.69 Å². The van der Waals surface area contributed by atoms with Gasteiger partial charge in [0.15, 0.2) is 5.76 Å². The molecule has 1 aliphatic rings. The SMILES string of the molecule is Cc1c(C(=O)Nc2cc(Cl)ccc2Cl)oc2c1C(O)CC(C)(C)C2. The van der Waals surface area contributed by atoms with Gasteiger partial charge in [0.05, 0.1) is 16.8 Å². The summed E-state index contributed by atoms with van der Waals surface area (Å²) >= 11 is 12.0. The Morgan fingerprint density at radius 2 is 2.08 bits per heavy atom. The van der Waals surface area contributed by atoms with Crippen molar-refractivity contribution in [1.82, 2.24) is 0 Å². The first-order chi connectivity index (χ1) is 11.2. The second-order valence-corrected chi connectivity index (χ2v) is 7.88. The number of carbonyl (C=O) groups excluding carboxylic acids is 1. The predicted octanol–water partition coefficient (Wildman–Crippen LogP) is 5.15. The van der Waals surface area contributed by atoms with Gasteiger partial charge in [-0.1, -0.05) is 37.0 Å². The van der Waals surface area contributed by atoms with Crippen LogP contribution in [0.15, 0.2) is 22.6 Å². The summed E-state index contributed by atoms with van der Waals surface area (Å²) in [6.07, 6.45) is 0.705. The summed E-state index contributed by atoms with van der Waals surface area (Å²) in [6, 6.07) is 4.85. The Labute approximate surface area is 150 Å². The Bertz CT molecular complexity index is 811. The fourth-order valence-electron chi connectivity index (χ4n) is 3.27. The number of fused-ring (bicyclic) bond motifs is 1. The standard InChI is InChI=1S/C18H19Cl2NO3/c1-9-15-13(22)7-18(2,3)8-14(15)24-16(9)17(23)21-12-6-10(19)4-5-11(12)20/h4-6,13,22H,7-8H2,1-3H3,(H,21,23). The molecule has 2 aromatic rings. The molecule has 4 nitrogen and oxygen atoms in total. The second-order valence-electron chi connectivity index (χ2n) is 7.03. The lowest BCUT2D eigenvalue weighted by molar-refractivity contribution is 0.0910. The van der Waals surface area contributed by atoms with E-state index >= 15 is 0 Å². The number of nitrogens with one attached hydrogen (secondary N) is 1. The predicted molar refractivity (Wildman–Crippen MR) is 94.9 cm³/mol. The summed E-state index contributed by atoms with van der Waals surface area (Å²) in [5.41, 5.74) is 1.75. The molecular weight excluding hydrogens is 349 g/mol. The van der Waals surface area contributed by atoms with E-state index in [9.17, 15) is 9.90 Å². The molecule has 1 aromatic carbocycles. The summed E-state index contributed by atoms with van der Waals surface area (Å²) in [5.74, 6) is 0.474. The van der Waals surface area contributed by atoms with Crippen LogP contribution in [-0.4, -0.2) is 11.0 Å². The first kappa shape index (κ1) is 17.3. The molecule has 1 unspecified atom stereocenters. The summed E-state index contributed by atoms with van der Waals surface area (Å²) in [5, 5.41) is 14.0. The highest BCUT2D eigenvalue weighted by Crippen LogP contribution is 2.44. The molecule has 1 amide bonds. The molecule has 1 heterocycles. The van der Waals surface area contributed by atoms with Crippen LogP contribution < -0.4 is 5.32 Å². The molecule has 0 saturated heterocycles. The molecule has 3 rings (SSSR count). The summed E-state index contributed by atoms with van der Waals surface area (Å²) in [7, 11) is 0. The van der Waals surface area contributed by atoms with E-state index in [1.54, 1.807) is 25.1 Å². The van der Waals surface area contributed by atoms with Crippen LogP contribution in [0.25, 0.3) is 0 Å². The maximum Gasteiger partial charge on any atom is 0.291 e. The molecule has 1 aliphatic carbocycles. The molecule has 2 N–H and O–H groups in total. The number of anilines is 1. The minimum absolute atomic E-state index is 0.0687. The van der Waals surface area contributed by atoms with Crippen LogP contribution >= 0.6 is 23.2 Å². The van der Waals surface area contributed by atoms with Crippen molar-refractivity contribution in [2.75, 3.05) is 5.32 Å². The smallest absolute Gasteiger partial charge is 0.291 e. The number of rotatable bonds is 2. The quantitative estimate of drug-likeness (QED) is 0.770. The number of hydrogen-bond acceptors (Lipinski definition) is 3. The van der Waals surface area contributed by atoms with Crippen molar-refractivity contribution in [1.29, 1.82) is 0 Å². The third-order valence-corrected chi connectivity index (χ3v) is 4.94. The fraction of sp³-hybridized carbons (Fsp3) is 0.389. The van der Waals surface area contributed by atoms with Gasteiger partial charge in [-0.25, -0.2) is 0 Å². The van der Waals surface area contributed by atoms with Crippen molar-refractivity contribution in [2.24, 2.45) is 5.41 Å². The van der Waals surface area contributed by atoms with Gasteiger partial charge in [0.25, 0.3) is 5.91 Å². The molecule has 1 atom stereocenters. The second kappa shape index (κ2) is 6.10. The lowest BCUT2D eigenvalue weighted by Gasteiger charge is -2.31. The first-order valence-electron chi connectivity index (χ1n) is 7.74. The van der Waals surface area contributed by atoms with E-state index in [0.717, 1.165) is 5.56 Å². The minimum atomic E-state index is -0.621. The number of furan rings is 1. The van der Waals surface area contributed by atoms with Gasteiger partial charge in [0.1, 0.15) is 5.76 Å². The maximum absolute atomic E-state index is 12.6. The molecule has 24 heavy (non-hydrogen) atoms. The topological polar surface area (TPSA) is 62.5 Å². The zero-order chi connectivity index (χ0) is 17.6. The maximum atomic E-state index is 12.6. The van der Waals surface area contributed by atoms with Gasteiger partial charge in [0.2, 0.25) is 0 Å². The Kier molecular flexibility index (Phi) is 4.41. The molecule has 1 aromatic heterocycles. The van der Waals surface area contributed by atoms with E-state index < -0.39 is 12.0 Å². The van der Waals surface area contributed by atoms with Crippen molar-refractivity contribution >= 4 is 34.8 Å². The van der Waals surface area contributed by atoms with Gasteiger partial charge in [-0.2, -0.15) is 0 Å². The van der Waals surface area contributed by atoms with Crippen LogP contribution in [0.1, 0.15) is 53.8 Å². The Balaban J connectivity index is 1.93. The molecule has 0 saturated carbocycles. The molecular formula is C18H19Cl2NO3. The van der Waals surface area contributed by atoms with Crippen molar-refractivity contribution in [3.8, 4) is 0 Å². The molecule has 6 heteroatoms. The lowest BCUT2D eigenvalue weighted by atomic mass is 9.75. The van der Waals surface area contributed by atoms with Crippen LogP contribution in [0, 0.1) is 12.3 Å². The lowest BCUT2D eigenvalue weighted by Crippen LogP contribution is -2.24. The highest BCUT2D eigenvalue weighted by Gasteiger charge is 2.37. The average Bonchev–Trinajstić information content (AvgIpc) is 2.78. The van der Waals surface area contributed by atoms with E-state index in [-0.39, 0.29) is 11.2 Å². The van der Waals surface area contributed by atoms with E-state index in [0.29, 0.717) is 39.9 Å². The number of aliphatic hydroxyl groups excluding tert-OH is 1. The van der Waals surface area contributed by atoms with Crippen molar-refractivity contribution in [3.05, 3.63) is 50.9 Å². The monoisotopic (exact) mass is 367 g/mol. The van der Waals surface area contributed by atoms with Gasteiger partial charge in [-0.3, -0.25) is 4.79 Å². The Morgan fingerprint density at radius 3 is 2.79 bits per heavy atom. The Morgan fingerprint density at radius 1 is 1.38 bits per heavy atom. The zero-order valence-corrected chi connectivity index (χ0v) is 15.3. The molecule has 0 radical (unpaired) electrons. The number of amides is 1. The van der Waals surface area contributed by atoms with Crippen molar-refractivity contribution < 1.29 is 14.3 Å². The molecule has 128 valence electrons. The van der Waals surface area contributed by atoms with Gasteiger partial charge in [-0.05, 0) is 37.0 Å². The third-order valence-electron chi connectivity index (χ3n) is 4.37. The van der Waals surface area contributed by atoms with E-state index in [1.807, 2.05) is 0 Å². The highest BCUT2D eigenvalue weighted by molar-refractivity contribution is 6.35. The fourth-order valence-corrected chi connectivity index (χ4v) is 3.61. The molecule has 0 aliphatic heterocycles. The third kappa shape index (κ3) is 3.18. The van der Waals surface area contributed by atoms with Crippen molar-refractivity contribution in [2.45, 2.75) is 39.7 Å². The number of benzene rings is 1. The average molecular weight is 368 g/mol. The van der Waals surface area contributed by atoms with Crippen LogP contribution in [0.5, 0.6) is 0 Å². The van der Waals surface area contributed by atoms with Crippen LogP contribution in [-0.2, 0) is 6.42 Å². The van der Waals surface area contributed by atoms with Gasteiger partial charge in [-0.15, -0.1) is 0 Å². The van der Waals surface area contributed by atoms with Gasteiger partial charge < -0.3 is 14.8 Å². The number of carbonyl (C=O) groups is 1. The molecule has 0 bridgehead atoms. The normalized spacial score (nSPS) is 19.0. The van der Waals surface area contributed by atoms with Gasteiger partial charge in [0, 0.05) is 22.6 Å². The van der Waals surface area contributed by atoms with Crippen LogP contribution in [0.2, 0.25) is 10.0 Å². The number of aliphatic hydroxyl groups is 1. The highest BCUT2D eigenvalue weighted by atomic mass is 35.5. The van der Waals surface area contributed by atoms with E-state index in [2.05, 4.69) is 19.2 Å². The number of hydrogen-bond donors (Lipinski definition) is 2. The largest absolute Gasteiger partial charge is 0.455 e. The van der Waals surface area contributed by atoms with Crippen LogP contribution in [0.3, 0.4) is 0 Å². The summed E-state index contributed by atoms with van der Waals surface area (Å²) in [6.45, 7) is 5.93. The summed E-state index contributed by atoms with van der Waals surface area (Å²) in [4.78, 5) is 12.6. The van der Waals surface area contributed by atoms with Crippen molar-refractivity contribution in [3.63, 3.8) is 0 Å². The summed E-state index contributed by atoms with van der Waals surface area (Å²) < 4.78 is 5.80. The van der Waals surface area contributed by atoms with E-state index in [1.165, 1.54) is 0 Å². The molecule has 0 fully saturated rings. The Hall–Kier alpha value is -1.49. The molecule has 0 spiro atoms. The van der Waals surface area contributed by atoms with Gasteiger partial charge >= 0.3 is 0 Å². The minimum Gasteiger partial charge on any atom is -0.455 e.